The van der Waals surface area contributed by atoms with Gasteiger partial charge in [-0.3, -0.25) is 4.79 Å². The molecule has 0 aliphatic carbocycles. The van der Waals surface area contributed by atoms with Gasteiger partial charge in [-0.05, 0) is 38.1 Å². The molecule has 4 nitrogen and oxygen atoms in total. The van der Waals surface area contributed by atoms with Crippen molar-refractivity contribution in [2.24, 2.45) is 0 Å². The second-order valence-electron chi connectivity index (χ2n) is 7.03. The van der Waals surface area contributed by atoms with E-state index < -0.39 is 5.82 Å². The van der Waals surface area contributed by atoms with Crippen LogP contribution < -0.4 is 9.80 Å². The Bertz CT molecular complexity index is 794. The molecule has 6 heteroatoms. The van der Waals surface area contributed by atoms with Crippen LogP contribution in [0.2, 0.25) is 5.02 Å². The van der Waals surface area contributed by atoms with Gasteiger partial charge in [0.1, 0.15) is 38.5 Å². The number of hydrogen-bond acceptors (Lipinski definition) is 1. The molecule has 0 bridgehead atoms. The maximum Gasteiger partial charge on any atom is 0.218 e. The Morgan fingerprint density at radius 2 is 1.88 bits per heavy atom. The van der Waals surface area contributed by atoms with Crippen molar-refractivity contribution >= 4 is 17.4 Å². The largest absolute Gasteiger partial charge is 0.328 e. The average molecular weight is 366 g/mol. The summed E-state index contributed by atoms with van der Waals surface area (Å²) in [5.41, 5.74) is 3.35. The van der Waals surface area contributed by atoms with Crippen molar-refractivity contribution in [3.05, 3.63) is 52.1 Å². The lowest BCUT2D eigenvalue weighted by Gasteiger charge is -2.26. The third-order valence-electron chi connectivity index (χ3n) is 5.11. The summed E-state index contributed by atoms with van der Waals surface area (Å²) >= 11 is 5.92. The molecule has 1 aliphatic rings. The number of ketones is 1. The van der Waals surface area contributed by atoms with Crippen molar-refractivity contribution in [3.8, 4) is 5.69 Å². The normalized spacial score (nSPS) is 20.7. The number of carbonyl (C=O) groups excluding carboxylic acids is 1. The van der Waals surface area contributed by atoms with Gasteiger partial charge in [-0.15, -0.1) is 0 Å². The Morgan fingerprint density at radius 3 is 2.52 bits per heavy atom. The predicted molar refractivity (Wildman–Crippen MR) is 96.7 cm³/mol. The third-order valence-corrected chi connectivity index (χ3v) is 5.40. The number of halogens is 2. The Morgan fingerprint density at radius 1 is 1.20 bits per heavy atom. The molecule has 134 valence electrons. The van der Waals surface area contributed by atoms with E-state index in [1.165, 1.54) is 15.9 Å². The number of rotatable bonds is 4. The van der Waals surface area contributed by atoms with Gasteiger partial charge in [0.15, 0.2) is 0 Å². The monoisotopic (exact) mass is 365 g/mol. The van der Waals surface area contributed by atoms with Crippen molar-refractivity contribution in [2.45, 2.75) is 13.8 Å². The number of likely N-dealkylation sites (N-methyl/N-ethyl adjacent to an activating group) is 1. The van der Waals surface area contributed by atoms with Gasteiger partial charge in [-0.25, -0.2) is 4.39 Å². The van der Waals surface area contributed by atoms with Gasteiger partial charge in [-0.2, -0.15) is 0 Å². The zero-order valence-electron chi connectivity index (χ0n) is 15.0. The predicted octanol–water partition coefficient (Wildman–Crippen LogP) is 0.483. The highest BCUT2D eigenvalue weighted by molar-refractivity contribution is 6.30. The summed E-state index contributed by atoms with van der Waals surface area (Å²) in [5, 5.41) is 0.0854. The van der Waals surface area contributed by atoms with E-state index in [9.17, 15) is 9.18 Å². The first-order chi connectivity index (χ1) is 11.9. The van der Waals surface area contributed by atoms with E-state index in [1.807, 2.05) is 24.5 Å². The maximum absolute atomic E-state index is 13.4. The highest BCUT2D eigenvalue weighted by atomic mass is 35.5. The molecule has 1 saturated heterocycles. The SMILES string of the molecule is Cc1cc(C(=O)C[NH+]2CC[NH+](C)CC2)c(C)n1-c1ccc(F)c(Cl)c1. The summed E-state index contributed by atoms with van der Waals surface area (Å²) in [4.78, 5) is 15.7. The molecule has 3 rings (SSSR count). The highest BCUT2D eigenvalue weighted by Crippen LogP contribution is 2.24. The van der Waals surface area contributed by atoms with E-state index in [4.69, 9.17) is 11.6 Å². The van der Waals surface area contributed by atoms with E-state index in [0.717, 1.165) is 48.8 Å². The van der Waals surface area contributed by atoms with E-state index in [-0.39, 0.29) is 10.8 Å². The molecule has 1 fully saturated rings. The molecule has 2 N–H and O–H groups in total. The number of benzene rings is 1. The smallest absolute Gasteiger partial charge is 0.218 e. The summed E-state index contributed by atoms with van der Waals surface area (Å²) in [6.45, 7) is 8.69. The molecule has 2 aromatic rings. The van der Waals surface area contributed by atoms with Gasteiger partial charge in [0.05, 0.1) is 12.1 Å². The standard InChI is InChI=1S/C19H23ClFN3O/c1-13-10-16(19(25)12-23-8-6-22(3)7-9-23)14(2)24(13)15-4-5-18(21)17(20)11-15/h4-5,10-11H,6-9,12H2,1-3H3/p+2. The van der Waals surface area contributed by atoms with Gasteiger partial charge in [-0.1, -0.05) is 11.6 Å². The summed E-state index contributed by atoms with van der Waals surface area (Å²) in [5.74, 6) is -0.271. The van der Waals surface area contributed by atoms with Gasteiger partial charge >= 0.3 is 0 Å². The number of nitrogens with one attached hydrogen (secondary N) is 2. The van der Waals surface area contributed by atoms with Gasteiger partial charge in [0.2, 0.25) is 5.78 Å². The Hall–Kier alpha value is -1.69. The van der Waals surface area contributed by atoms with Crippen molar-refractivity contribution < 1.29 is 19.0 Å². The van der Waals surface area contributed by atoms with E-state index in [0.29, 0.717) is 6.54 Å². The lowest BCUT2D eigenvalue weighted by atomic mass is 10.1. The number of aryl methyl sites for hydroxylation is 1. The highest BCUT2D eigenvalue weighted by Gasteiger charge is 2.25. The van der Waals surface area contributed by atoms with Crippen molar-refractivity contribution in [3.63, 3.8) is 0 Å². The fourth-order valence-corrected chi connectivity index (χ4v) is 3.77. The van der Waals surface area contributed by atoms with Crippen molar-refractivity contribution in [2.75, 3.05) is 39.8 Å². The van der Waals surface area contributed by atoms with Crippen LogP contribution in [-0.2, 0) is 0 Å². The fourth-order valence-electron chi connectivity index (χ4n) is 3.60. The van der Waals surface area contributed by atoms with Gasteiger partial charge < -0.3 is 14.4 Å². The average Bonchev–Trinajstić information content (AvgIpc) is 2.87. The van der Waals surface area contributed by atoms with Crippen LogP contribution in [0.15, 0.2) is 24.3 Å². The molecule has 25 heavy (non-hydrogen) atoms. The minimum atomic E-state index is -0.440. The second-order valence-corrected chi connectivity index (χ2v) is 7.43. The topological polar surface area (TPSA) is 30.9 Å². The maximum atomic E-state index is 13.4. The molecule has 2 heterocycles. The Kier molecular flexibility index (Phi) is 5.27. The van der Waals surface area contributed by atoms with E-state index in [2.05, 4.69) is 7.05 Å². The molecular formula is C19H25ClFN3O+2. The van der Waals surface area contributed by atoms with Crippen LogP contribution in [0, 0.1) is 19.7 Å². The molecule has 1 aliphatic heterocycles. The van der Waals surface area contributed by atoms with Crippen LogP contribution in [0.25, 0.3) is 5.69 Å². The van der Waals surface area contributed by atoms with Crippen LogP contribution in [0.3, 0.4) is 0 Å². The quantitative estimate of drug-likeness (QED) is 0.759. The van der Waals surface area contributed by atoms with Crippen LogP contribution in [0.4, 0.5) is 4.39 Å². The van der Waals surface area contributed by atoms with Crippen LogP contribution in [-0.4, -0.2) is 50.1 Å². The first kappa shape index (κ1) is 18.1. The Balaban J connectivity index is 1.83. The van der Waals surface area contributed by atoms with Crippen LogP contribution >= 0.6 is 11.6 Å². The number of quaternary nitrogens is 2. The molecule has 0 spiro atoms. The molecule has 0 saturated carbocycles. The first-order valence-corrected chi connectivity index (χ1v) is 9.07. The fraction of sp³-hybridized carbons (Fsp3) is 0.421. The van der Waals surface area contributed by atoms with Crippen LogP contribution in [0.1, 0.15) is 21.7 Å². The molecule has 0 atom stereocenters. The number of hydrogen-bond donors (Lipinski definition) is 2. The lowest BCUT2D eigenvalue weighted by Crippen LogP contribution is -3.27. The van der Waals surface area contributed by atoms with Crippen molar-refractivity contribution in [1.29, 1.82) is 0 Å². The summed E-state index contributed by atoms with van der Waals surface area (Å²) < 4.78 is 15.4. The molecular weight excluding hydrogens is 341 g/mol. The molecule has 0 amide bonds. The number of aromatic nitrogens is 1. The third kappa shape index (κ3) is 3.78. The Labute approximate surface area is 152 Å². The van der Waals surface area contributed by atoms with Crippen molar-refractivity contribution in [1.82, 2.24) is 4.57 Å². The minimum Gasteiger partial charge on any atom is -0.328 e. The lowest BCUT2D eigenvalue weighted by molar-refractivity contribution is -0.999. The number of piperazine rings is 1. The molecule has 1 aromatic carbocycles. The number of nitrogens with zero attached hydrogens (tertiary/aromatic N) is 1. The van der Waals surface area contributed by atoms with Gasteiger partial charge in [0, 0.05) is 22.6 Å². The molecule has 1 aromatic heterocycles. The molecule has 0 radical (unpaired) electrons. The second kappa shape index (κ2) is 7.28. The zero-order chi connectivity index (χ0) is 18.1. The van der Waals surface area contributed by atoms with E-state index >= 15 is 0 Å². The zero-order valence-corrected chi connectivity index (χ0v) is 15.7. The summed E-state index contributed by atoms with van der Waals surface area (Å²) in [6.07, 6.45) is 0. The summed E-state index contributed by atoms with van der Waals surface area (Å²) in [6, 6.07) is 6.56. The number of Topliss-reactive ketones (excluding diaryl/α,β-unsaturated/α-hetero) is 1. The number of carbonyl (C=O) groups is 1. The summed E-state index contributed by atoms with van der Waals surface area (Å²) in [7, 11) is 2.19. The first-order valence-electron chi connectivity index (χ1n) is 8.69. The van der Waals surface area contributed by atoms with E-state index in [1.54, 1.807) is 12.1 Å². The minimum absolute atomic E-state index is 0.0854. The van der Waals surface area contributed by atoms with Crippen LogP contribution in [0.5, 0.6) is 0 Å². The van der Waals surface area contributed by atoms with Gasteiger partial charge in [0.25, 0.3) is 0 Å². The molecule has 0 unspecified atom stereocenters.